The van der Waals surface area contributed by atoms with Gasteiger partial charge in [-0.15, -0.1) is 0 Å². The molecule has 0 aromatic heterocycles. The van der Waals surface area contributed by atoms with Crippen molar-refractivity contribution in [2.24, 2.45) is 17.6 Å². The van der Waals surface area contributed by atoms with Crippen LogP contribution in [0.5, 0.6) is 0 Å². The molecule has 0 aromatic rings. The third-order valence-electron chi connectivity index (χ3n) is 4.58. The largest absolute Gasteiger partial charge is 0.478 e. The minimum Gasteiger partial charge on any atom is -0.478 e. The maximum Gasteiger partial charge on any atom is 0.346 e. The van der Waals surface area contributed by atoms with Crippen LogP contribution in [0.4, 0.5) is 0 Å². The minimum absolute atomic E-state index is 0.0176. The van der Waals surface area contributed by atoms with E-state index in [1.165, 1.54) is 0 Å². The molecule has 1 aliphatic rings. The van der Waals surface area contributed by atoms with Crippen LogP contribution in [0.15, 0.2) is 0 Å². The predicted octanol–water partition coefficient (Wildman–Crippen LogP) is -0.291. The summed E-state index contributed by atoms with van der Waals surface area (Å²) in [6.45, 7) is 7.04. The predicted molar refractivity (Wildman–Crippen MR) is 108 cm³/mol. The average Bonchev–Trinajstić information content (AvgIpc) is 3.09. The van der Waals surface area contributed by atoms with Gasteiger partial charge in [-0.05, 0) is 31.1 Å². The van der Waals surface area contributed by atoms with Crippen molar-refractivity contribution in [2.75, 3.05) is 6.54 Å². The van der Waals surface area contributed by atoms with Gasteiger partial charge in [0.05, 0.1) is 0 Å². The monoisotopic (exact) mass is 443 g/mol. The number of aliphatic carboxylic acids is 1. The standard InChI is InChI=1S/C20H33N3O8/c1-10(2)7-12(21)18(27)31-20(29)14(8-11(3)4)22-9-15(17(25)26)30-19(28)13-5-6-16(24)23-13/h10-15,22H,5-9,21H2,1-4H3,(H,23,24)(H,25,26)/t12-,13-,14-,15?/m0/s1. The van der Waals surface area contributed by atoms with Gasteiger partial charge in [0.1, 0.15) is 18.1 Å². The fourth-order valence-electron chi connectivity index (χ4n) is 3.03. The van der Waals surface area contributed by atoms with Gasteiger partial charge in [-0.2, -0.15) is 0 Å². The first-order chi connectivity index (χ1) is 14.4. The number of carboxylic acids is 1. The van der Waals surface area contributed by atoms with Crippen molar-refractivity contribution in [2.45, 2.75) is 77.6 Å². The zero-order valence-electron chi connectivity index (χ0n) is 18.4. The lowest BCUT2D eigenvalue weighted by Crippen LogP contribution is -2.48. The molecule has 11 heteroatoms. The Morgan fingerprint density at radius 2 is 1.74 bits per heavy atom. The molecular formula is C20H33N3O8. The molecule has 1 aliphatic heterocycles. The molecule has 4 atom stereocenters. The molecule has 31 heavy (non-hydrogen) atoms. The zero-order valence-corrected chi connectivity index (χ0v) is 18.4. The number of ether oxygens (including phenoxy) is 2. The zero-order chi connectivity index (χ0) is 23.7. The molecule has 1 rings (SSSR count). The second kappa shape index (κ2) is 12.4. The van der Waals surface area contributed by atoms with Crippen LogP contribution in [0, 0.1) is 11.8 Å². The van der Waals surface area contributed by atoms with Crippen LogP contribution in [0.2, 0.25) is 0 Å². The number of rotatable bonds is 12. The number of carboxylic acid groups (broad SMARTS) is 1. The van der Waals surface area contributed by atoms with E-state index in [4.69, 9.17) is 15.2 Å². The highest BCUT2D eigenvalue weighted by atomic mass is 16.6. The van der Waals surface area contributed by atoms with E-state index in [9.17, 15) is 29.1 Å². The third kappa shape index (κ3) is 9.43. The Morgan fingerprint density at radius 3 is 2.23 bits per heavy atom. The Kier molecular flexibility index (Phi) is 10.6. The van der Waals surface area contributed by atoms with Crippen LogP contribution in [0.1, 0.15) is 53.4 Å². The van der Waals surface area contributed by atoms with E-state index >= 15 is 0 Å². The number of hydrogen-bond acceptors (Lipinski definition) is 9. The van der Waals surface area contributed by atoms with Gasteiger partial charge >= 0.3 is 23.9 Å². The van der Waals surface area contributed by atoms with E-state index in [1.54, 1.807) is 0 Å². The maximum absolute atomic E-state index is 12.5. The number of amides is 1. The molecule has 0 aromatic carbocycles. The number of hydrogen-bond donors (Lipinski definition) is 4. The summed E-state index contributed by atoms with van der Waals surface area (Å²) in [5.41, 5.74) is 5.74. The van der Waals surface area contributed by atoms with Crippen molar-refractivity contribution < 1.29 is 38.6 Å². The Bertz CT molecular complexity index is 679. The topological polar surface area (TPSA) is 174 Å². The van der Waals surface area contributed by atoms with Gasteiger partial charge in [0.25, 0.3) is 0 Å². The summed E-state index contributed by atoms with van der Waals surface area (Å²) in [4.78, 5) is 59.3. The molecule has 0 bridgehead atoms. The molecule has 1 unspecified atom stereocenters. The summed E-state index contributed by atoms with van der Waals surface area (Å²) >= 11 is 0. The molecule has 1 fully saturated rings. The Labute approximate surface area is 181 Å². The molecule has 0 radical (unpaired) electrons. The number of esters is 3. The summed E-state index contributed by atoms with van der Waals surface area (Å²) < 4.78 is 9.86. The molecule has 0 aliphatic carbocycles. The van der Waals surface area contributed by atoms with E-state index in [0.717, 1.165) is 0 Å². The fourth-order valence-corrected chi connectivity index (χ4v) is 3.03. The normalized spacial score (nSPS) is 18.9. The molecule has 1 heterocycles. The minimum atomic E-state index is -1.59. The molecule has 176 valence electrons. The van der Waals surface area contributed by atoms with Gasteiger partial charge < -0.3 is 30.9 Å². The van der Waals surface area contributed by atoms with Gasteiger partial charge in [0.15, 0.2) is 0 Å². The number of nitrogens with two attached hydrogens (primary N) is 1. The molecule has 0 spiro atoms. The van der Waals surface area contributed by atoms with Gasteiger partial charge in [-0.25, -0.2) is 19.2 Å². The van der Waals surface area contributed by atoms with E-state index in [-0.39, 0.29) is 43.6 Å². The Hall–Kier alpha value is -2.53. The van der Waals surface area contributed by atoms with Crippen LogP contribution in [-0.2, 0) is 33.4 Å². The van der Waals surface area contributed by atoms with Crippen LogP contribution >= 0.6 is 0 Å². The van der Waals surface area contributed by atoms with Crippen molar-refractivity contribution in [1.29, 1.82) is 0 Å². The van der Waals surface area contributed by atoms with Crippen molar-refractivity contribution in [1.82, 2.24) is 10.6 Å². The first-order valence-electron chi connectivity index (χ1n) is 10.4. The van der Waals surface area contributed by atoms with Crippen molar-refractivity contribution >= 4 is 29.8 Å². The van der Waals surface area contributed by atoms with Crippen molar-refractivity contribution in [3.8, 4) is 0 Å². The highest BCUT2D eigenvalue weighted by molar-refractivity contribution is 5.91. The molecular weight excluding hydrogens is 410 g/mol. The third-order valence-corrected chi connectivity index (χ3v) is 4.58. The first kappa shape index (κ1) is 26.5. The van der Waals surface area contributed by atoms with Gasteiger partial charge in [-0.1, -0.05) is 27.7 Å². The molecule has 0 saturated carbocycles. The van der Waals surface area contributed by atoms with E-state index in [1.807, 2.05) is 27.7 Å². The molecule has 11 nitrogen and oxygen atoms in total. The molecule has 1 saturated heterocycles. The quantitative estimate of drug-likeness (QED) is 0.232. The Morgan fingerprint density at radius 1 is 1.13 bits per heavy atom. The van der Waals surface area contributed by atoms with E-state index in [0.29, 0.717) is 6.42 Å². The van der Waals surface area contributed by atoms with Gasteiger partial charge in [-0.3, -0.25) is 4.79 Å². The summed E-state index contributed by atoms with van der Waals surface area (Å²) in [6.07, 6.45) is -0.608. The lowest BCUT2D eigenvalue weighted by molar-refractivity contribution is -0.166. The average molecular weight is 443 g/mol. The first-order valence-corrected chi connectivity index (χ1v) is 10.4. The number of carbonyl (C=O) groups excluding carboxylic acids is 4. The summed E-state index contributed by atoms with van der Waals surface area (Å²) in [5.74, 6) is -4.17. The van der Waals surface area contributed by atoms with E-state index < -0.39 is 48.1 Å². The van der Waals surface area contributed by atoms with Gasteiger partial charge in [0.2, 0.25) is 12.0 Å². The lowest BCUT2D eigenvalue weighted by atomic mass is 10.0. The fraction of sp³-hybridized carbons (Fsp3) is 0.750. The van der Waals surface area contributed by atoms with Crippen LogP contribution in [0.25, 0.3) is 0 Å². The Balaban J connectivity index is 2.72. The van der Waals surface area contributed by atoms with Crippen LogP contribution < -0.4 is 16.4 Å². The second-order valence-corrected chi connectivity index (χ2v) is 8.49. The molecule has 5 N–H and O–H groups in total. The van der Waals surface area contributed by atoms with Crippen LogP contribution in [-0.4, -0.2) is 65.7 Å². The van der Waals surface area contributed by atoms with Crippen molar-refractivity contribution in [3.05, 3.63) is 0 Å². The number of carbonyl (C=O) groups is 5. The lowest BCUT2D eigenvalue weighted by Gasteiger charge is -2.22. The van der Waals surface area contributed by atoms with Gasteiger partial charge in [0, 0.05) is 13.0 Å². The highest BCUT2D eigenvalue weighted by Gasteiger charge is 2.33. The molecule has 1 amide bonds. The van der Waals surface area contributed by atoms with E-state index in [2.05, 4.69) is 10.6 Å². The number of nitrogens with one attached hydrogen (secondary N) is 2. The maximum atomic E-state index is 12.5. The highest BCUT2D eigenvalue weighted by Crippen LogP contribution is 2.11. The van der Waals surface area contributed by atoms with Crippen molar-refractivity contribution in [3.63, 3.8) is 0 Å². The summed E-state index contributed by atoms with van der Waals surface area (Å²) in [6, 6.07) is -2.84. The summed E-state index contributed by atoms with van der Waals surface area (Å²) in [7, 11) is 0. The summed E-state index contributed by atoms with van der Waals surface area (Å²) in [5, 5.41) is 14.5. The van der Waals surface area contributed by atoms with Crippen LogP contribution in [0.3, 0.4) is 0 Å². The SMILES string of the molecule is CC(C)C[C@H](NCC(OC(=O)[C@@H]1CCC(=O)N1)C(=O)O)C(=O)OC(=O)[C@@H](N)CC(C)C. The smallest absolute Gasteiger partial charge is 0.346 e. The second-order valence-electron chi connectivity index (χ2n) is 8.49.